The summed E-state index contributed by atoms with van der Waals surface area (Å²) >= 11 is 3.57. The molecular formula is C15H25BrN2. The van der Waals surface area contributed by atoms with Gasteiger partial charge in [0.25, 0.3) is 0 Å². The van der Waals surface area contributed by atoms with E-state index in [1.165, 1.54) is 11.3 Å². The number of nitrogens with one attached hydrogen (secondary N) is 1. The van der Waals surface area contributed by atoms with Crippen molar-refractivity contribution in [1.29, 1.82) is 0 Å². The van der Waals surface area contributed by atoms with Crippen molar-refractivity contribution >= 4 is 21.6 Å². The van der Waals surface area contributed by atoms with Crippen molar-refractivity contribution in [3.8, 4) is 0 Å². The summed E-state index contributed by atoms with van der Waals surface area (Å²) in [5.41, 5.74) is 2.72. The van der Waals surface area contributed by atoms with Crippen molar-refractivity contribution in [2.75, 3.05) is 24.5 Å². The van der Waals surface area contributed by atoms with Gasteiger partial charge in [-0.05, 0) is 44.0 Å². The molecule has 0 radical (unpaired) electrons. The summed E-state index contributed by atoms with van der Waals surface area (Å²) in [6.07, 6.45) is 0. The monoisotopic (exact) mass is 312 g/mol. The van der Waals surface area contributed by atoms with E-state index in [1.807, 2.05) is 0 Å². The van der Waals surface area contributed by atoms with Gasteiger partial charge in [-0.3, -0.25) is 0 Å². The summed E-state index contributed by atoms with van der Waals surface area (Å²) in [6, 6.07) is 6.56. The summed E-state index contributed by atoms with van der Waals surface area (Å²) in [5.74, 6) is 0.692. The largest absolute Gasteiger partial charge is 0.372 e. The van der Waals surface area contributed by atoms with E-state index in [1.54, 1.807) is 0 Å². The van der Waals surface area contributed by atoms with Crippen LogP contribution in [-0.2, 0) is 6.54 Å². The van der Waals surface area contributed by atoms with E-state index in [9.17, 15) is 0 Å². The van der Waals surface area contributed by atoms with Gasteiger partial charge >= 0.3 is 0 Å². The Morgan fingerprint density at radius 3 is 2.44 bits per heavy atom. The quantitative estimate of drug-likeness (QED) is 0.817. The Bertz CT molecular complexity index is 360. The lowest BCUT2D eigenvalue weighted by Crippen LogP contribution is -2.25. The molecule has 0 aliphatic rings. The van der Waals surface area contributed by atoms with Crippen LogP contribution in [0, 0.1) is 5.92 Å². The van der Waals surface area contributed by atoms with Crippen LogP contribution in [0.2, 0.25) is 0 Å². The van der Waals surface area contributed by atoms with E-state index in [2.05, 4.69) is 72.0 Å². The number of hydrogen-bond donors (Lipinski definition) is 1. The van der Waals surface area contributed by atoms with Crippen LogP contribution in [-0.4, -0.2) is 19.6 Å². The molecule has 0 saturated carbocycles. The number of benzene rings is 1. The van der Waals surface area contributed by atoms with Gasteiger partial charge < -0.3 is 10.2 Å². The van der Waals surface area contributed by atoms with Gasteiger partial charge in [0.05, 0.1) is 0 Å². The zero-order valence-corrected chi connectivity index (χ0v) is 13.5. The molecular weight excluding hydrogens is 288 g/mol. The first-order valence-electron chi connectivity index (χ1n) is 6.82. The molecule has 0 atom stereocenters. The molecule has 1 rings (SSSR count). The highest BCUT2D eigenvalue weighted by atomic mass is 79.9. The van der Waals surface area contributed by atoms with Gasteiger partial charge in [0.1, 0.15) is 0 Å². The van der Waals surface area contributed by atoms with E-state index >= 15 is 0 Å². The normalized spacial score (nSPS) is 11.0. The zero-order chi connectivity index (χ0) is 13.5. The van der Waals surface area contributed by atoms with Crippen molar-refractivity contribution in [3.63, 3.8) is 0 Å². The molecule has 0 bridgehead atoms. The van der Waals surface area contributed by atoms with Crippen molar-refractivity contribution in [2.24, 2.45) is 5.92 Å². The van der Waals surface area contributed by atoms with Crippen LogP contribution in [0.15, 0.2) is 22.7 Å². The highest BCUT2D eigenvalue weighted by molar-refractivity contribution is 9.10. The van der Waals surface area contributed by atoms with Gasteiger partial charge in [-0.2, -0.15) is 0 Å². The van der Waals surface area contributed by atoms with Crippen LogP contribution in [0.4, 0.5) is 5.69 Å². The molecule has 0 aliphatic heterocycles. The maximum atomic E-state index is 3.57. The Morgan fingerprint density at radius 1 is 1.22 bits per heavy atom. The Morgan fingerprint density at radius 2 is 1.89 bits per heavy atom. The van der Waals surface area contributed by atoms with E-state index in [4.69, 9.17) is 0 Å². The van der Waals surface area contributed by atoms with E-state index < -0.39 is 0 Å². The van der Waals surface area contributed by atoms with Gasteiger partial charge in [-0.15, -0.1) is 0 Å². The smallest absolute Gasteiger partial charge is 0.0422 e. The Balaban J connectivity index is 2.82. The third kappa shape index (κ3) is 4.62. The molecule has 18 heavy (non-hydrogen) atoms. The zero-order valence-electron chi connectivity index (χ0n) is 12.0. The molecule has 0 aromatic heterocycles. The van der Waals surface area contributed by atoms with Gasteiger partial charge in [0.15, 0.2) is 0 Å². The lowest BCUT2D eigenvalue weighted by Gasteiger charge is -2.25. The number of nitrogens with zero attached hydrogens (tertiary/aromatic N) is 1. The van der Waals surface area contributed by atoms with Crippen molar-refractivity contribution in [3.05, 3.63) is 28.2 Å². The topological polar surface area (TPSA) is 15.3 Å². The fourth-order valence-corrected chi connectivity index (χ4v) is 2.39. The predicted octanol–water partition coefficient (Wildman–Crippen LogP) is 4.04. The summed E-state index contributed by atoms with van der Waals surface area (Å²) in [6.45, 7) is 13.0. The molecule has 0 saturated heterocycles. The SMILES string of the molecule is CCN(CC)c1cc(Br)ccc1CNCC(C)C. The second kappa shape index (κ2) is 7.80. The average molecular weight is 313 g/mol. The lowest BCUT2D eigenvalue weighted by molar-refractivity contribution is 0.552. The van der Waals surface area contributed by atoms with Crippen LogP contribution in [0.25, 0.3) is 0 Å². The van der Waals surface area contributed by atoms with E-state index in [0.717, 1.165) is 30.7 Å². The molecule has 0 heterocycles. The molecule has 0 aliphatic carbocycles. The molecule has 1 aromatic rings. The fourth-order valence-electron chi connectivity index (χ4n) is 2.04. The first kappa shape index (κ1) is 15.5. The molecule has 1 aromatic carbocycles. The minimum absolute atomic E-state index is 0.692. The molecule has 0 fully saturated rings. The van der Waals surface area contributed by atoms with E-state index in [-0.39, 0.29) is 0 Å². The van der Waals surface area contributed by atoms with Gasteiger partial charge in [0, 0.05) is 29.8 Å². The molecule has 1 N–H and O–H groups in total. The Labute approximate surface area is 120 Å². The number of anilines is 1. The van der Waals surface area contributed by atoms with Crippen molar-refractivity contribution in [1.82, 2.24) is 5.32 Å². The van der Waals surface area contributed by atoms with Crippen LogP contribution < -0.4 is 10.2 Å². The third-order valence-corrected chi connectivity index (χ3v) is 3.51. The van der Waals surface area contributed by atoms with Gasteiger partial charge in [-0.25, -0.2) is 0 Å². The number of hydrogen-bond acceptors (Lipinski definition) is 2. The van der Waals surface area contributed by atoms with Crippen LogP contribution in [0.3, 0.4) is 0 Å². The average Bonchev–Trinajstić information content (AvgIpc) is 2.33. The first-order chi connectivity index (χ1) is 8.58. The maximum absolute atomic E-state index is 3.57. The maximum Gasteiger partial charge on any atom is 0.0422 e. The molecule has 3 heteroatoms. The summed E-state index contributed by atoms with van der Waals surface area (Å²) in [7, 11) is 0. The van der Waals surface area contributed by atoms with Crippen LogP contribution in [0.5, 0.6) is 0 Å². The second-order valence-corrected chi connectivity index (χ2v) is 5.89. The van der Waals surface area contributed by atoms with Crippen molar-refractivity contribution in [2.45, 2.75) is 34.2 Å². The second-order valence-electron chi connectivity index (χ2n) is 4.97. The molecule has 0 amide bonds. The van der Waals surface area contributed by atoms with Gasteiger partial charge in [0.2, 0.25) is 0 Å². The third-order valence-electron chi connectivity index (χ3n) is 3.02. The standard InChI is InChI=1S/C15H25BrN2/c1-5-18(6-2)15-9-14(16)8-7-13(15)11-17-10-12(3)4/h7-9,12,17H,5-6,10-11H2,1-4H3. The summed E-state index contributed by atoms with van der Waals surface area (Å²) in [5, 5.41) is 3.52. The molecule has 102 valence electrons. The van der Waals surface area contributed by atoms with Crippen LogP contribution in [0.1, 0.15) is 33.3 Å². The highest BCUT2D eigenvalue weighted by Crippen LogP contribution is 2.25. The first-order valence-corrected chi connectivity index (χ1v) is 7.61. The Kier molecular flexibility index (Phi) is 6.72. The summed E-state index contributed by atoms with van der Waals surface area (Å²) in [4.78, 5) is 2.40. The highest BCUT2D eigenvalue weighted by Gasteiger charge is 2.09. The van der Waals surface area contributed by atoms with E-state index in [0.29, 0.717) is 5.92 Å². The van der Waals surface area contributed by atoms with Gasteiger partial charge in [-0.1, -0.05) is 35.8 Å². The van der Waals surface area contributed by atoms with Crippen LogP contribution >= 0.6 is 15.9 Å². The predicted molar refractivity (Wildman–Crippen MR) is 84.2 cm³/mol. The minimum Gasteiger partial charge on any atom is -0.372 e. The lowest BCUT2D eigenvalue weighted by atomic mass is 10.1. The van der Waals surface area contributed by atoms with Crippen molar-refractivity contribution < 1.29 is 0 Å². The fraction of sp³-hybridized carbons (Fsp3) is 0.600. The Hall–Kier alpha value is -0.540. The molecule has 0 unspecified atom stereocenters. The number of halogens is 1. The minimum atomic E-state index is 0.692. The molecule has 2 nitrogen and oxygen atoms in total. The number of rotatable bonds is 7. The molecule has 0 spiro atoms. The summed E-state index contributed by atoms with van der Waals surface area (Å²) < 4.78 is 1.15.